The normalized spacial score (nSPS) is 16.7. The average molecular weight is 288 g/mol. The third-order valence-corrected chi connectivity index (χ3v) is 4.05. The summed E-state index contributed by atoms with van der Waals surface area (Å²) in [5.74, 6) is -0.508. The molecule has 3 nitrogen and oxygen atoms in total. The predicted octanol–water partition coefficient (Wildman–Crippen LogP) is 3.65. The van der Waals surface area contributed by atoms with Crippen molar-refractivity contribution in [3.05, 3.63) is 53.8 Å². The van der Waals surface area contributed by atoms with Crippen molar-refractivity contribution in [1.82, 2.24) is 0 Å². The van der Waals surface area contributed by atoms with E-state index in [1.165, 1.54) is 12.1 Å². The van der Waals surface area contributed by atoms with Crippen LogP contribution in [-0.4, -0.2) is 12.2 Å². The molecule has 0 bridgehead atoms. The fourth-order valence-corrected chi connectivity index (χ4v) is 2.86. The summed E-state index contributed by atoms with van der Waals surface area (Å²) < 4.78 is 13.4. The van der Waals surface area contributed by atoms with Gasteiger partial charge in [0.15, 0.2) is 0 Å². The molecule has 0 saturated carbocycles. The molecule has 0 radical (unpaired) electrons. The van der Waals surface area contributed by atoms with Gasteiger partial charge in [0.25, 0.3) is 5.91 Å². The van der Waals surface area contributed by atoms with E-state index in [1.54, 1.807) is 17.8 Å². The highest BCUT2D eigenvalue weighted by Crippen LogP contribution is 2.35. The Labute approximate surface area is 120 Å². The Kier molecular flexibility index (Phi) is 3.36. The van der Waals surface area contributed by atoms with Gasteiger partial charge in [0.2, 0.25) is 0 Å². The summed E-state index contributed by atoms with van der Waals surface area (Å²) in [4.78, 5) is 13.1. The lowest BCUT2D eigenvalue weighted by Crippen LogP contribution is -2.20. The molecule has 2 aromatic rings. The molecule has 0 aromatic heterocycles. The number of nitrogens with one attached hydrogen (secondary N) is 2. The van der Waals surface area contributed by atoms with Gasteiger partial charge in [0.1, 0.15) is 11.9 Å². The van der Waals surface area contributed by atoms with Crippen LogP contribution in [0.15, 0.2) is 47.4 Å². The van der Waals surface area contributed by atoms with Gasteiger partial charge >= 0.3 is 0 Å². The van der Waals surface area contributed by atoms with Crippen molar-refractivity contribution in [2.75, 3.05) is 16.9 Å². The molecular formula is C15H13FN2OS. The standard InChI is InChI=1S/C15H13FN2OS/c1-20-13-5-3-2-4-12(13)17-14-10-8-9(16)6-7-11(10)18-15(14)19/h2-8,14,17H,1H3,(H,18,19). The lowest BCUT2D eigenvalue weighted by molar-refractivity contribution is -0.116. The molecule has 5 heteroatoms. The Morgan fingerprint density at radius 2 is 2.05 bits per heavy atom. The average Bonchev–Trinajstić information content (AvgIpc) is 2.76. The van der Waals surface area contributed by atoms with Crippen LogP contribution in [0.2, 0.25) is 0 Å². The van der Waals surface area contributed by atoms with Gasteiger partial charge in [-0.1, -0.05) is 12.1 Å². The second-order valence-corrected chi connectivity index (χ2v) is 5.35. The number of amides is 1. The van der Waals surface area contributed by atoms with Crippen molar-refractivity contribution in [2.24, 2.45) is 0 Å². The van der Waals surface area contributed by atoms with Crippen LogP contribution in [0.4, 0.5) is 15.8 Å². The van der Waals surface area contributed by atoms with Crippen molar-refractivity contribution < 1.29 is 9.18 Å². The van der Waals surface area contributed by atoms with Gasteiger partial charge < -0.3 is 10.6 Å². The van der Waals surface area contributed by atoms with Crippen LogP contribution >= 0.6 is 11.8 Å². The van der Waals surface area contributed by atoms with E-state index in [1.807, 2.05) is 30.5 Å². The summed E-state index contributed by atoms with van der Waals surface area (Å²) in [6.07, 6.45) is 1.98. The first kappa shape index (κ1) is 13.0. The third kappa shape index (κ3) is 2.25. The fraction of sp³-hybridized carbons (Fsp3) is 0.133. The van der Waals surface area contributed by atoms with Crippen LogP contribution in [0, 0.1) is 5.82 Å². The number of anilines is 2. The largest absolute Gasteiger partial charge is 0.369 e. The lowest BCUT2D eigenvalue weighted by Gasteiger charge is -2.15. The van der Waals surface area contributed by atoms with Crippen molar-refractivity contribution in [3.8, 4) is 0 Å². The SMILES string of the molecule is CSc1ccccc1NC1C(=O)Nc2ccc(F)cc21. The summed E-state index contributed by atoms with van der Waals surface area (Å²) in [5, 5.41) is 5.95. The Morgan fingerprint density at radius 3 is 2.85 bits per heavy atom. The summed E-state index contributed by atoms with van der Waals surface area (Å²) in [5.41, 5.74) is 2.18. The van der Waals surface area contributed by atoms with E-state index in [4.69, 9.17) is 0 Å². The Hall–Kier alpha value is -2.01. The number of carbonyl (C=O) groups is 1. The van der Waals surface area contributed by atoms with Crippen molar-refractivity contribution in [3.63, 3.8) is 0 Å². The monoisotopic (exact) mass is 288 g/mol. The first-order valence-corrected chi connectivity index (χ1v) is 7.41. The van der Waals surface area contributed by atoms with E-state index in [-0.39, 0.29) is 11.7 Å². The molecule has 1 amide bonds. The van der Waals surface area contributed by atoms with Gasteiger partial charge in [-0.15, -0.1) is 11.8 Å². The minimum Gasteiger partial charge on any atom is -0.369 e. The summed E-state index contributed by atoms with van der Waals surface area (Å²) in [6.45, 7) is 0. The van der Waals surface area contributed by atoms with Crippen LogP contribution in [0.5, 0.6) is 0 Å². The number of benzene rings is 2. The molecule has 20 heavy (non-hydrogen) atoms. The molecule has 2 aromatic carbocycles. The molecule has 1 aliphatic rings. The summed E-state index contributed by atoms with van der Waals surface area (Å²) >= 11 is 1.60. The maximum atomic E-state index is 13.4. The molecule has 2 N–H and O–H groups in total. The number of thioether (sulfide) groups is 1. The number of fused-ring (bicyclic) bond motifs is 1. The number of para-hydroxylation sites is 1. The lowest BCUT2D eigenvalue weighted by atomic mass is 10.1. The van der Waals surface area contributed by atoms with Crippen molar-refractivity contribution >= 4 is 29.0 Å². The van der Waals surface area contributed by atoms with Gasteiger partial charge in [-0.2, -0.15) is 0 Å². The number of hydrogen-bond donors (Lipinski definition) is 2. The zero-order valence-corrected chi connectivity index (χ0v) is 11.6. The Morgan fingerprint density at radius 1 is 1.25 bits per heavy atom. The number of halogens is 1. The molecule has 1 atom stereocenters. The van der Waals surface area contributed by atoms with Gasteiger partial charge in [-0.05, 0) is 36.6 Å². The van der Waals surface area contributed by atoms with E-state index in [0.29, 0.717) is 11.3 Å². The van der Waals surface area contributed by atoms with Gasteiger partial charge in [-0.25, -0.2) is 4.39 Å². The van der Waals surface area contributed by atoms with Gasteiger partial charge in [0.05, 0.1) is 0 Å². The zero-order valence-electron chi connectivity index (χ0n) is 10.8. The molecule has 1 heterocycles. The van der Waals surface area contributed by atoms with Crippen LogP contribution < -0.4 is 10.6 Å². The number of rotatable bonds is 3. The van der Waals surface area contributed by atoms with E-state index >= 15 is 0 Å². The molecule has 0 aliphatic carbocycles. The van der Waals surface area contributed by atoms with Crippen molar-refractivity contribution in [1.29, 1.82) is 0 Å². The smallest absolute Gasteiger partial charge is 0.251 e. The van der Waals surface area contributed by atoms with Crippen LogP contribution in [0.3, 0.4) is 0 Å². The van der Waals surface area contributed by atoms with Crippen molar-refractivity contribution in [2.45, 2.75) is 10.9 Å². The fourth-order valence-electron chi connectivity index (χ4n) is 2.30. The predicted molar refractivity (Wildman–Crippen MR) is 79.6 cm³/mol. The third-order valence-electron chi connectivity index (χ3n) is 3.25. The maximum Gasteiger partial charge on any atom is 0.251 e. The highest BCUT2D eigenvalue weighted by atomic mass is 32.2. The molecule has 0 saturated heterocycles. The zero-order chi connectivity index (χ0) is 14.1. The topological polar surface area (TPSA) is 41.1 Å². The van der Waals surface area contributed by atoms with Crippen LogP contribution in [0.1, 0.15) is 11.6 Å². The molecule has 1 unspecified atom stereocenters. The summed E-state index contributed by atoms with van der Waals surface area (Å²) in [6, 6.07) is 11.5. The molecule has 1 aliphatic heterocycles. The molecule has 3 rings (SSSR count). The molecule has 102 valence electrons. The quantitative estimate of drug-likeness (QED) is 0.847. The highest BCUT2D eigenvalue weighted by Gasteiger charge is 2.31. The Bertz CT molecular complexity index is 675. The van der Waals surface area contributed by atoms with Gasteiger partial charge in [0, 0.05) is 21.8 Å². The molecule has 0 fully saturated rings. The minimum atomic E-state index is -0.561. The van der Waals surface area contributed by atoms with E-state index in [0.717, 1.165) is 10.6 Å². The van der Waals surface area contributed by atoms with E-state index in [2.05, 4.69) is 10.6 Å². The first-order chi connectivity index (χ1) is 9.69. The molecular weight excluding hydrogens is 275 g/mol. The van der Waals surface area contributed by atoms with E-state index in [9.17, 15) is 9.18 Å². The second kappa shape index (κ2) is 5.17. The summed E-state index contributed by atoms with van der Waals surface area (Å²) in [7, 11) is 0. The maximum absolute atomic E-state index is 13.4. The van der Waals surface area contributed by atoms with Crippen LogP contribution in [-0.2, 0) is 4.79 Å². The minimum absolute atomic E-state index is 0.165. The number of carbonyl (C=O) groups excluding carboxylic acids is 1. The first-order valence-electron chi connectivity index (χ1n) is 6.19. The highest BCUT2D eigenvalue weighted by molar-refractivity contribution is 7.98. The Balaban J connectivity index is 1.96. The second-order valence-electron chi connectivity index (χ2n) is 4.50. The van der Waals surface area contributed by atoms with E-state index < -0.39 is 6.04 Å². The van der Waals surface area contributed by atoms with Crippen LogP contribution in [0.25, 0.3) is 0 Å². The molecule has 0 spiro atoms. The van der Waals surface area contributed by atoms with Gasteiger partial charge in [-0.3, -0.25) is 4.79 Å². The number of hydrogen-bond acceptors (Lipinski definition) is 3.